The van der Waals surface area contributed by atoms with Gasteiger partial charge >= 0.3 is 0 Å². The fourth-order valence-corrected chi connectivity index (χ4v) is 5.69. The van der Waals surface area contributed by atoms with Crippen LogP contribution in [0.5, 0.6) is 0 Å². The van der Waals surface area contributed by atoms with E-state index < -0.39 is 11.7 Å². The Labute approximate surface area is 226 Å². The summed E-state index contributed by atoms with van der Waals surface area (Å²) in [5.41, 5.74) is 2.93. The van der Waals surface area contributed by atoms with Crippen LogP contribution in [0.25, 0.3) is 16.7 Å². The first kappa shape index (κ1) is 25.2. The lowest BCUT2D eigenvalue weighted by molar-refractivity contribution is 0.0176. The van der Waals surface area contributed by atoms with E-state index in [1.807, 2.05) is 35.2 Å². The predicted molar refractivity (Wildman–Crippen MR) is 146 cm³/mol. The minimum absolute atomic E-state index is 0.105. The van der Waals surface area contributed by atoms with Crippen LogP contribution >= 0.6 is 11.8 Å². The number of rotatable bonds is 6. The van der Waals surface area contributed by atoms with Crippen LogP contribution in [0.3, 0.4) is 0 Å². The molecule has 0 saturated carbocycles. The average molecular weight is 548 g/mol. The lowest BCUT2D eigenvalue weighted by Gasteiger charge is -2.28. The molecule has 0 spiro atoms. The summed E-state index contributed by atoms with van der Waals surface area (Å²) in [5.74, 6) is -2.43. The number of nitrogens with zero attached hydrogens (tertiary/aromatic N) is 4. The first-order valence-corrected chi connectivity index (χ1v) is 13.5. The van der Waals surface area contributed by atoms with E-state index in [-0.39, 0.29) is 23.4 Å². The lowest BCUT2D eigenvalue weighted by Crippen LogP contribution is -2.38. The second-order valence-corrected chi connectivity index (χ2v) is 10.5. The Bertz CT molecular complexity index is 1730. The van der Waals surface area contributed by atoms with Crippen LogP contribution < -0.4 is 10.5 Å². The van der Waals surface area contributed by atoms with Gasteiger partial charge in [0.25, 0.3) is 11.5 Å². The highest BCUT2D eigenvalue weighted by Crippen LogP contribution is 2.31. The predicted octanol–water partition coefficient (Wildman–Crippen LogP) is 6.21. The maximum Gasteiger partial charge on any atom is 0.270 e. The third-order valence-corrected chi connectivity index (χ3v) is 7.79. The van der Waals surface area contributed by atoms with Crippen LogP contribution in [0.15, 0.2) is 82.7 Å². The number of fused-ring (bicyclic) bond motifs is 2. The standard InChI is InChI=1S/C29H24F3N5OS/c1-29(31,32)19-11-12-23-24(15-19)34-27(33-23)36-14-13-22-20(16-36)26(38)37(25-10-6-5-9-21(25)30)28(35-22)39-17-18-7-3-2-4-8-18/h2-12,15H,13-14,16-17H2,1H3,(H,33,34). The van der Waals surface area contributed by atoms with Crippen molar-refractivity contribution < 1.29 is 13.2 Å². The highest BCUT2D eigenvalue weighted by atomic mass is 32.2. The minimum Gasteiger partial charge on any atom is -0.337 e. The number of thioether (sulfide) groups is 1. The fourth-order valence-electron chi connectivity index (χ4n) is 4.72. The van der Waals surface area contributed by atoms with E-state index in [0.717, 1.165) is 12.5 Å². The number of halogens is 3. The number of aromatic nitrogens is 4. The maximum absolute atomic E-state index is 14.9. The summed E-state index contributed by atoms with van der Waals surface area (Å²) in [6.07, 6.45) is 0.483. The van der Waals surface area contributed by atoms with Crippen LogP contribution in [-0.4, -0.2) is 26.1 Å². The molecule has 0 saturated heterocycles. The summed E-state index contributed by atoms with van der Waals surface area (Å²) in [4.78, 5) is 28.3. The minimum atomic E-state index is -2.97. The van der Waals surface area contributed by atoms with Crippen molar-refractivity contribution >= 4 is 28.7 Å². The van der Waals surface area contributed by atoms with Gasteiger partial charge in [-0.05, 0) is 29.8 Å². The van der Waals surface area contributed by atoms with Crippen LogP contribution in [-0.2, 0) is 24.6 Å². The molecule has 0 unspecified atom stereocenters. The summed E-state index contributed by atoms with van der Waals surface area (Å²) >= 11 is 1.39. The van der Waals surface area contributed by atoms with Crippen molar-refractivity contribution in [1.29, 1.82) is 0 Å². The first-order valence-electron chi connectivity index (χ1n) is 12.5. The Kier molecular flexibility index (Phi) is 6.42. The molecule has 39 heavy (non-hydrogen) atoms. The normalized spacial score (nSPS) is 13.6. The smallest absolute Gasteiger partial charge is 0.270 e. The van der Waals surface area contributed by atoms with E-state index in [0.29, 0.717) is 52.1 Å². The van der Waals surface area contributed by atoms with Gasteiger partial charge in [-0.25, -0.2) is 23.1 Å². The molecule has 0 aliphatic carbocycles. The molecule has 5 aromatic rings. The lowest BCUT2D eigenvalue weighted by atomic mass is 10.1. The number of H-pyrrole nitrogens is 1. The number of hydrogen-bond acceptors (Lipinski definition) is 5. The Morgan fingerprint density at radius 3 is 2.56 bits per heavy atom. The van der Waals surface area contributed by atoms with Crippen molar-refractivity contribution in [2.45, 2.75) is 36.7 Å². The Balaban J connectivity index is 1.38. The molecule has 0 radical (unpaired) electrons. The van der Waals surface area contributed by atoms with Gasteiger partial charge in [-0.3, -0.25) is 9.36 Å². The Hall–Kier alpha value is -4.05. The van der Waals surface area contributed by atoms with E-state index >= 15 is 0 Å². The summed E-state index contributed by atoms with van der Waals surface area (Å²) in [6.45, 7) is 1.59. The molecule has 0 bridgehead atoms. The third kappa shape index (κ3) is 4.92. The largest absolute Gasteiger partial charge is 0.337 e. The summed E-state index contributed by atoms with van der Waals surface area (Å²) in [6, 6.07) is 20.3. The first-order chi connectivity index (χ1) is 18.8. The van der Waals surface area contributed by atoms with Crippen LogP contribution in [0.1, 0.15) is 29.3 Å². The molecule has 10 heteroatoms. The zero-order valence-electron chi connectivity index (χ0n) is 21.0. The second-order valence-electron chi connectivity index (χ2n) is 9.54. The van der Waals surface area contributed by atoms with Crippen LogP contribution in [0.2, 0.25) is 0 Å². The molecule has 198 valence electrons. The molecule has 1 aliphatic rings. The van der Waals surface area contributed by atoms with E-state index in [9.17, 15) is 18.0 Å². The number of nitrogens with one attached hydrogen (secondary N) is 1. The van der Waals surface area contributed by atoms with Crippen molar-refractivity contribution in [3.8, 4) is 5.69 Å². The molecule has 0 fully saturated rings. The molecule has 0 amide bonds. The van der Waals surface area contributed by atoms with Crippen molar-refractivity contribution in [3.63, 3.8) is 0 Å². The zero-order valence-corrected chi connectivity index (χ0v) is 21.8. The average Bonchev–Trinajstić information content (AvgIpc) is 3.36. The molecule has 6 nitrogen and oxygen atoms in total. The van der Waals surface area contributed by atoms with E-state index in [1.54, 1.807) is 24.3 Å². The van der Waals surface area contributed by atoms with Gasteiger partial charge in [-0.2, -0.15) is 0 Å². The highest BCUT2D eigenvalue weighted by Gasteiger charge is 2.28. The molecular weight excluding hydrogens is 523 g/mol. The topological polar surface area (TPSA) is 66.8 Å². The maximum atomic E-state index is 14.9. The van der Waals surface area contributed by atoms with Crippen LogP contribution in [0.4, 0.5) is 19.1 Å². The number of imidazole rings is 1. The molecule has 1 aliphatic heterocycles. The van der Waals surface area contributed by atoms with Gasteiger partial charge in [-0.1, -0.05) is 60.3 Å². The molecule has 0 atom stereocenters. The summed E-state index contributed by atoms with van der Waals surface area (Å²) < 4.78 is 43.9. The number of hydrogen-bond donors (Lipinski definition) is 1. The molecule has 6 rings (SSSR count). The van der Waals surface area contributed by atoms with Crippen molar-refractivity contribution in [3.05, 3.63) is 111 Å². The molecule has 2 aromatic heterocycles. The van der Waals surface area contributed by atoms with Crippen molar-refractivity contribution in [1.82, 2.24) is 19.5 Å². The SMILES string of the molecule is CC(F)(F)c1ccc2nc(N3CCc4nc(SCc5ccccc5)n(-c5ccccc5F)c(=O)c4C3)[nH]c2c1. The molecular formula is C29H24F3N5OS. The van der Waals surface area contributed by atoms with Gasteiger partial charge in [0.1, 0.15) is 5.82 Å². The fraction of sp³-hybridized carbons (Fsp3) is 0.207. The molecule has 3 heterocycles. The quantitative estimate of drug-likeness (QED) is 0.202. The summed E-state index contributed by atoms with van der Waals surface area (Å²) in [7, 11) is 0. The van der Waals surface area contributed by atoms with E-state index in [2.05, 4.69) is 9.97 Å². The van der Waals surface area contributed by atoms with Crippen LogP contribution in [0, 0.1) is 5.82 Å². The van der Waals surface area contributed by atoms with Crippen molar-refractivity contribution in [2.24, 2.45) is 0 Å². The van der Waals surface area contributed by atoms with Gasteiger partial charge in [0, 0.05) is 31.2 Å². The number of benzene rings is 3. The second kappa shape index (κ2) is 9.92. The number of para-hydroxylation sites is 1. The van der Waals surface area contributed by atoms with Gasteiger partial charge < -0.3 is 9.88 Å². The van der Waals surface area contributed by atoms with Crippen molar-refractivity contribution in [2.75, 3.05) is 11.4 Å². The van der Waals surface area contributed by atoms with Gasteiger partial charge in [0.2, 0.25) is 5.95 Å². The van der Waals surface area contributed by atoms with Gasteiger partial charge in [0.05, 0.1) is 34.5 Å². The zero-order chi connectivity index (χ0) is 27.1. The summed E-state index contributed by atoms with van der Waals surface area (Å²) in [5, 5.41) is 0.429. The van der Waals surface area contributed by atoms with Gasteiger partial charge in [0.15, 0.2) is 5.16 Å². The molecule has 3 aromatic carbocycles. The Morgan fingerprint density at radius 1 is 1.03 bits per heavy atom. The Morgan fingerprint density at radius 2 is 1.79 bits per heavy atom. The number of alkyl halides is 2. The van der Waals surface area contributed by atoms with Gasteiger partial charge in [-0.15, -0.1) is 0 Å². The monoisotopic (exact) mass is 547 g/mol. The molecule has 1 N–H and O–H groups in total. The number of anilines is 1. The third-order valence-electron chi connectivity index (χ3n) is 6.78. The highest BCUT2D eigenvalue weighted by molar-refractivity contribution is 7.98. The van der Waals surface area contributed by atoms with E-state index in [4.69, 9.17) is 4.98 Å². The van der Waals surface area contributed by atoms with E-state index in [1.165, 1.54) is 34.5 Å². The number of aromatic amines is 1.